The average Bonchev–Trinajstić information content (AvgIpc) is 2.96. The fourth-order valence-electron chi connectivity index (χ4n) is 1.97. The Balaban J connectivity index is 1.96. The molecule has 1 N–H and O–H groups in total. The Morgan fingerprint density at radius 1 is 1.29 bits per heavy atom. The van der Waals surface area contributed by atoms with Gasteiger partial charge in [0.25, 0.3) is 0 Å². The maximum Gasteiger partial charge on any atom is 0.339 e. The van der Waals surface area contributed by atoms with Gasteiger partial charge >= 0.3 is 5.97 Å². The average molecular weight is 277 g/mol. The minimum atomic E-state index is -0.449. The van der Waals surface area contributed by atoms with Crippen LogP contribution in [0.5, 0.6) is 0 Å². The van der Waals surface area contributed by atoms with Crippen LogP contribution in [-0.4, -0.2) is 27.5 Å². The van der Waals surface area contributed by atoms with Crippen LogP contribution >= 0.6 is 0 Å². The lowest BCUT2D eigenvalue weighted by atomic mass is 10.2. The highest BCUT2D eigenvalue weighted by Crippen LogP contribution is 2.20. The van der Waals surface area contributed by atoms with Crippen LogP contribution in [0.3, 0.4) is 0 Å². The Morgan fingerprint density at radius 3 is 2.86 bits per heavy atom. The third-order valence-electron chi connectivity index (χ3n) is 2.96. The van der Waals surface area contributed by atoms with Crippen molar-refractivity contribution in [3.63, 3.8) is 0 Å². The molecular weight excluding hydrogens is 266 g/mol. The van der Waals surface area contributed by atoms with E-state index < -0.39 is 5.97 Å². The normalized spacial score (nSPS) is 10.2. The summed E-state index contributed by atoms with van der Waals surface area (Å²) in [6.07, 6.45) is 8.46. The zero-order chi connectivity index (χ0) is 14.7. The summed E-state index contributed by atoms with van der Waals surface area (Å²) in [6.45, 7) is -0.0396. The van der Waals surface area contributed by atoms with Crippen molar-refractivity contribution in [3.05, 3.63) is 48.3 Å². The van der Waals surface area contributed by atoms with E-state index >= 15 is 0 Å². The molecule has 0 spiro atoms. The first kappa shape index (κ1) is 12.9. The topological polar surface area (TPSA) is 67.9 Å². The van der Waals surface area contributed by atoms with Crippen molar-refractivity contribution in [2.45, 2.75) is 0 Å². The molecule has 3 rings (SSSR count). The number of rotatable bonds is 3. The summed E-state index contributed by atoms with van der Waals surface area (Å²) in [7, 11) is 0. The van der Waals surface area contributed by atoms with E-state index in [4.69, 9.17) is 11.2 Å². The number of pyridine rings is 1. The predicted octanol–water partition coefficient (Wildman–Crippen LogP) is 2.41. The largest absolute Gasteiger partial charge is 0.449 e. The van der Waals surface area contributed by atoms with Crippen LogP contribution in [0.2, 0.25) is 0 Å². The maximum atomic E-state index is 11.8. The third-order valence-corrected chi connectivity index (χ3v) is 2.96. The number of terminal acetylenes is 1. The molecule has 0 saturated heterocycles. The van der Waals surface area contributed by atoms with E-state index in [-0.39, 0.29) is 6.61 Å². The lowest BCUT2D eigenvalue weighted by Crippen LogP contribution is -2.04. The number of imidazole rings is 1. The second-order valence-corrected chi connectivity index (χ2v) is 4.33. The van der Waals surface area contributed by atoms with E-state index in [9.17, 15) is 4.79 Å². The molecule has 0 unspecified atom stereocenters. The van der Waals surface area contributed by atoms with Crippen LogP contribution in [0.4, 0.5) is 0 Å². The van der Waals surface area contributed by atoms with E-state index in [2.05, 4.69) is 20.9 Å². The van der Waals surface area contributed by atoms with Gasteiger partial charge < -0.3 is 9.72 Å². The van der Waals surface area contributed by atoms with Crippen LogP contribution in [-0.2, 0) is 4.74 Å². The third kappa shape index (κ3) is 2.60. The summed E-state index contributed by atoms with van der Waals surface area (Å²) in [5, 5.41) is 0. The van der Waals surface area contributed by atoms with Gasteiger partial charge in [-0.2, -0.15) is 0 Å². The van der Waals surface area contributed by atoms with Gasteiger partial charge in [0.05, 0.1) is 16.6 Å². The van der Waals surface area contributed by atoms with Gasteiger partial charge in [0, 0.05) is 18.0 Å². The molecule has 102 valence electrons. The molecule has 0 amide bonds. The fraction of sp³-hybridized carbons (Fsp3) is 0.0625. The van der Waals surface area contributed by atoms with Crippen molar-refractivity contribution < 1.29 is 9.53 Å². The highest BCUT2D eigenvalue weighted by atomic mass is 16.5. The number of fused-ring (bicyclic) bond motifs is 1. The van der Waals surface area contributed by atoms with Gasteiger partial charge in [0.1, 0.15) is 5.82 Å². The zero-order valence-corrected chi connectivity index (χ0v) is 11.0. The van der Waals surface area contributed by atoms with Gasteiger partial charge in [-0.1, -0.05) is 5.92 Å². The Bertz CT molecular complexity index is 832. The van der Waals surface area contributed by atoms with Crippen molar-refractivity contribution in [2.75, 3.05) is 6.61 Å². The monoisotopic (exact) mass is 277 g/mol. The van der Waals surface area contributed by atoms with Gasteiger partial charge in [0.2, 0.25) is 0 Å². The summed E-state index contributed by atoms with van der Waals surface area (Å²) in [6, 6.07) is 8.85. The standard InChI is InChI=1S/C16H11N3O2/c1-2-9-21-16(20)12-3-4-13-14(10-12)19-15(18-13)11-5-7-17-8-6-11/h1,3-8,10H,9H2,(H,18,19). The molecule has 2 heterocycles. The lowest BCUT2D eigenvalue weighted by Gasteiger charge is -2.00. The first-order valence-electron chi connectivity index (χ1n) is 6.28. The molecule has 0 aliphatic carbocycles. The number of benzene rings is 1. The molecule has 5 nitrogen and oxygen atoms in total. The summed E-state index contributed by atoms with van der Waals surface area (Å²) < 4.78 is 4.90. The highest BCUT2D eigenvalue weighted by molar-refractivity contribution is 5.94. The zero-order valence-electron chi connectivity index (χ0n) is 11.0. The number of esters is 1. The Morgan fingerprint density at radius 2 is 2.10 bits per heavy atom. The molecule has 2 aromatic heterocycles. The van der Waals surface area contributed by atoms with E-state index in [1.165, 1.54) is 0 Å². The minimum Gasteiger partial charge on any atom is -0.449 e. The van der Waals surface area contributed by atoms with Crippen molar-refractivity contribution in [2.24, 2.45) is 0 Å². The van der Waals surface area contributed by atoms with E-state index in [0.29, 0.717) is 5.56 Å². The Hall–Kier alpha value is -3.13. The molecular formula is C16H11N3O2. The molecule has 5 heteroatoms. The fourth-order valence-corrected chi connectivity index (χ4v) is 1.97. The SMILES string of the molecule is C#CCOC(=O)c1ccc2nc(-c3ccncc3)[nH]c2c1. The van der Waals surface area contributed by atoms with Gasteiger partial charge in [-0.25, -0.2) is 9.78 Å². The van der Waals surface area contributed by atoms with Crippen LogP contribution in [0, 0.1) is 12.3 Å². The number of hydrogen-bond acceptors (Lipinski definition) is 4. The van der Waals surface area contributed by atoms with Crippen LogP contribution in [0.15, 0.2) is 42.7 Å². The van der Waals surface area contributed by atoms with Crippen molar-refractivity contribution in [1.82, 2.24) is 15.0 Å². The van der Waals surface area contributed by atoms with Crippen LogP contribution in [0.1, 0.15) is 10.4 Å². The summed E-state index contributed by atoms with van der Waals surface area (Å²) >= 11 is 0. The molecule has 3 aromatic rings. The van der Waals surface area contributed by atoms with Crippen LogP contribution < -0.4 is 0 Å². The van der Waals surface area contributed by atoms with Crippen LogP contribution in [0.25, 0.3) is 22.4 Å². The predicted molar refractivity (Wildman–Crippen MR) is 78.4 cm³/mol. The molecule has 0 bridgehead atoms. The number of aromatic amines is 1. The number of nitrogens with one attached hydrogen (secondary N) is 1. The molecule has 1 aromatic carbocycles. The van der Waals surface area contributed by atoms with Crippen molar-refractivity contribution in [1.29, 1.82) is 0 Å². The smallest absolute Gasteiger partial charge is 0.339 e. The van der Waals surface area contributed by atoms with Crippen molar-refractivity contribution in [3.8, 4) is 23.7 Å². The summed E-state index contributed by atoms with van der Waals surface area (Å²) in [5.74, 6) is 2.54. The molecule has 0 atom stereocenters. The summed E-state index contributed by atoms with van der Waals surface area (Å²) in [4.78, 5) is 23.4. The molecule has 0 fully saturated rings. The van der Waals surface area contributed by atoms with Crippen molar-refractivity contribution >= 4 is 17.0 Å². The number of H-pyrrole nitrogens is 1. The van der Waals surface area contributed by atoms with Gasteiger partial charge in [0.15, 0.2) is 6.61 Å². The molecule has 0 aliphatic heterocycles. The molecule has 0 aliphatic rings. The number of hydrogen-bond donors (Lipinski definition) is 1. The van der Waals surface area contributed by atoms with E-state index in [1.54, 1.807) is 30.6 Å². The first-order valence-corrected chi connectivity index (χ1v) is 6.28. The van der Waals surface area contributed by atoms with Gasteiger partial charge in [-0.05, 0) is 30.3 Å². The summed E-state index contributed by atoms with van der Waals surface area (Å²) in [5.41, 5.74) is 2.90. The minimum absolute atomic E-state index is 0.0396. The Kier molecular flexibility index (Phi) is 3.36. The first-order chi connectivity index (χ1) is 10.3. The molecule has 21 heavy (non-hydrogen) atoms. The van der Waals surface area contributed by atoms with E-state index in [0.717, 1.165) is 22.4 Å². The number of carbonyl (C=O) groups excluding carboxylic acids is 1. The van der Waals surface area contributed by atoms with Gasteiger partial charge in [-0.3, -0.25) is 4.98 Å². The number of carbonyl (C=O) groups is 1. The number of nitrogens with zero attached hydrogens (tertiary/aromatic N) is 2. The molecule has 0 saturated carbocycles. The Labute approximate surface area is 121 Å². The maximum absolute atomic E-state index is 11.8. The number of ether oxygens (including phenoxy) is 1. The number of aromatic nitrogens is 3. The highest BCUT2D eigenvalue weighted by Gasteiger charge is 2.10. The second-order valence-electron chi connectivity index (χ2n) is 4.33. The van der Waals surface area contributed by atoms with E-state index in [1.807, 2.05) is 12.1 Å². The van der Waals surface area contributed by atoms with Gasteiger partial charge in [-0.15, -0.1) is 6.42 Å². The quantitative estimate of drug-likeness (QED) is 0.589. The molecule has 0 radical (unpaired) electrons. The second kappa shape index (κ2) is 5.47. The lowest BCUT2D eigenvalue weighted by molar-refractivity contribution is 0.0557.